The molecule has 26 heavy (non-hydrogen) atoms. The molecule has 1 unspecified atom stereocenters. The first-order valence-electron chi connectivity index (χ1n) is 8.50. The van der Waals surface area contributed by atoms with Crippen molar-refractivity contribution in [2.75, 3.05) is 5.32 Å². The SMILES string of the molecule is CC(O)(CC(=O)Nc1nc2cc(F)c(F)c(F)c2n1C(C)(C)C)C1CC1. The van der Waals surface area contributed by atoms with Crippen LogP contribution in [0.1, 0.15) is 47.0 Å². The first-order valence-corrected chi connectivity index (χ1v) is 8.50. The zero-order valence-corrected chi connectivity index (χ0v) is 15.2. The molecule has 1 heterocycles. The predicted octanol–water partition coefficient (Wildman–Crippen LogP) is 3.70. The van der Waals surface area contributed by atoms with E-state index in [0.29, 0.717) is 0 Å². The van der Waals surface area contributed by atoms with Crippen molar-refractivity contribution in [2.24, 2.45) is 5.92 Å². The Balaban J connectivity index is 2.02. The number of carbonyl (C=O) groups excluding carboxylic acids is 1. The Hall–Kier alpha value is -2.09. The van der Waals surface area contributed by atoms with E-state index in [1.165, 1.54) is 4.57 Å². The highest BCUT2D eigenvalue weighted by Gasteiger charge is 2.41. The van der Waals surface area contributed by atoms with Gasteiger partial charge in [0.25, 0.3) is 0 Å². The van der Waals surface area contributed by atoms with E-state index in [4.69, 9.17) is 0 Å². The maximum atomic E-state index is 14.4. The molecule has 1 atom stereocenters. The lowest BCUT2D eigenvalue weighted by Gasteiger charge is -2.26. The van der Waals surface area contributed by atoms with Gasteiger partial charge in [0.15, 0.2) is 17.5 Å². The number of amides is 1. The maximum Gasteiger partial charge on any atom is 0.229 e. The number of benzene rings is 1. The van der Waals surface area contributed by atoms with Crippen LogP contribution in [0, 0.1) is 23.4 Å². The van der Waals surface area contributed by atoms with Crippen LogP contribution in [-0.2, 0) is 10.3 Å². The van der Waals surface area contributed by atoms with Gasteiger partial charge in [-0.15, -0.1) is 0 Å². The van der Waals surface area contributed by atoms with Crippen molar-refractivity contribution in [3.8, 4) is 0 Å². The van der Waals surface area contributed by atoms with Gasteiger partial charge >= 0.3 is 0 Å². The second kappa shape index (κ2) is 5.97. The Labute approximate surface area is 149 Å². The topological polar surface area (TPSA) is 67.2 Å². The van der Waals surface area contributed by atoms with Crippen molar-refractivity contribution in [3.05, 3.63) is 23.5 Å². The van der Waals surface area contributed by atoms with Gasteiger partial charge in [-0.3, -0.25) is 10.1 Å². The van der Waals surface area contributed by atoms with E-state index >= 15 is 0 Å². The lowest BCUT2D eigenvalue weighted by molar-refractivity contribution is -0.121. The van der Waals surface area contributed by atoms with Crippen molar-refractivity contribution in [3.63, 3.8) is 0 Å². The summed E-state index contributed by atoms with van der Waals surface area (Å²) >= 11 is 0. The summed E-state index contributed by atoms with van der Waals surface area (Å²) in [5.41, 5.74) is -2.21. The molecule has 1 amide bonds. The molecule has 8 heteroatoms. The van der Waals surface area contributed by atoms with Crippen LogP contribution in [-0.4, -0.2) is 26.2 Å². The molecule has 1 fully saturated rings. The smallest absolute Gasteiger partial charge is 0.229 e. The molecular weight excluding hydrogens is 347 g/mol. The zero-order chi connectivity index (χ0) is 19.4. The number of imidazole rings is 1. The highest BCUT2D eigenvalue weighted by Crippen LogP contribution is 2.41. The summed E-state index contributed by atoms with van der Waals surface area (Å²) in [4.78, 5) is 16.4. The van der Waals surface area contributed by atoms with Gasteiger partial charge < -0.3 is 9.67 Å². The second-order valence-electron chi connectivity index (χ2n) is 8.15. The van der Waals surface area contributed by atoms with E-state index < -0.39 is 34.5 Å². The Morgan fingerprint density at radius 2 is 1.88 bits per heavy atom. The van der Waals surface area contributed by atoms with E-state index in [0.717, 1.165) is 18.9 Å². The van der Waals surface area contributed by atoms with Gasteiger partial charge in [0, 0.05) is 11.6 Å². The standard InChI is InChI=1S/C18H22F3N3O2/c1-17(2,3)24-15-11(7-10(19)13(20)14(15)21)22-16(24)23-12(25)8-18(4,26)9-5-6-9/h7,9,26H,5-6,8H2,1-4H3,(H,22,23,25). The van der Waals surface area contributed by atoms with Gasteiger partial charge in [-0.2, -0.15) is 0 Å². The Bertz CT molecular complexity index is 880. The fourth-order valence-corrected chi connectivity index (χ4v) is 3.22. The van der Waals surface area contributed by atoms with Crippen LogP contribution in [0.25, 0.3) is 11.0 Å². The number of fused-ring (bicyclic) bond motifs is 1. The fourth-order valence-electron chi connectivity index (χ4n) is 3.22. The van der Waals surface area contributed by atoms with E-state index in [1.54, 1.807) is 27.7 Å². The first-order chi connectivity index (χ1) is 11.9. The van der Waals surface area contributed by atoms with Gasteiger partial charge in [0.2, 0.25) is 11.9 Å². The summed E-state index contributed by atoms with van der Waals surface area (Å²) in [7, 11) is 0. The quantitative estimate of drug-likeness (QED) is 0.808. The molecule has 1 saturated carbocycles. The molecule has 1 aliphatic rings. The van der Waals surface area contributed by atoms with Gasteiger partial charge in [-0.25, -0.2) is 18.2 Å². The van der Waals surface area contributed by atoms with Crippen molar-refractivity contribution in [1.29, 1.82) is 0 Å². The average Bonchev–Trinajstić information content (AvgIpc) is 3.27. The molecule has 3 rings (SSSR count). The molecule has 142 valence electrons. The number of carbonyl (C=O) groups is 1. The molecule has 1 aromatic heterocycles. The number of nitrogens with one attached hydrogen (secondary N) is 1. The van der Waals surface area contributed by atoms with E-state index in [-0.39, 0.29) is 29.3 Å². The van der Waals surface area contributed by atoms with Crippen LogP contribution in [0.5, 0.6) is 0 Å². The first kappa shape index (κ1) is 18.7. The number of hydrogen-bond donors (Lipinski definition) is 2. The number of aromatic nitrogens is 2. The predicted molar refractivity (Wildman–Crippen MR) is 91.2 cm³/mol. The normalized spacial score (nSPS) is 17.4. The number of halogens is 3. The summed E-state index contributed by atoms with van der Waals surface area (Å²) < 4.78 is 42.9. The van der Waals surface area contributed by atoms with Crippen molar-refractivity contribution < 1.29 is 23.1 Å². The molecule has 0 bridgehead atoms. The van der Waals surface area contributed by atoms with Gasteiger partial charge in [-0.1, -0.05) is 0 Å². The number of rotatable bonds is 4. The van der Waals surface area contributed by atoms with Crippen LogP contribution >= 0.6 is 0 Å². The van der Waals surface area contributed by atoms with E-state index in [1.807, 2.05) is 0 Å². The third-order valence-electron chi connectivity index (χ3n) is 4.68. The van der Waals surface area contributed by atoms with Gasteiger partial charge in [0.05, 0.1) is 17.5 Å². The zero-order valence-electron chi connectivity index (χ0n) is 15.2. The maximum absolute atomic E-state index is 14.4. The van der Waals surface area contributed by atoms with Gasteiger partial charge in [0.1, 0.15) is 5.52 Å². The van der Waals surface area contributed by atoms with Crippen LogP contribution in [0.4, 0.5) is 19.1 Å². The monoisotopic (exact) mass is 369 g/mol. The number of aliphatic hydroxyl groups is 1. The molecule has 2 aromatic rings. The molecule has 1 aromatic carbocycles. The number of nitrogens with zero attached hydrogens (tertiary/aromatic N) is 2. The Morgan fingerprint density at radius 1 is 1.27 bits per heavy atom. The third kappa shape index (κ3) is 3.30. The Morgan fingerprint density at radius 3 is 2.42 bits per heavy atom. The van der Waals surface area contributed by atoms with Crippen LogP contribution < -0.4 is 5.32 Å². The van der Waals surface area contributed by atoms with E-state index in [2.05, 4.69) is 10.3 Å². The summed E-state index contributed by atoms with van der Waals surface area (Å²) in [5.74, 6) is -4.72. The summed E-state index contributed by atoms with van der Waals surface area (Å²) in [5, 5.41) is 12.9. The fraction of sp³-hybridized carbons (Fsp3) is 0.556. The molecule has 1 aliphatic carbocycles. The third-order valence-corrected chi connectivity index (χ3v) is 4.68. The van der Waals surface area contributed by atoms with Crippen molar-refractivity contribution in [1.82, 2.24) is 9.55 Å². The summed E-state index contributed by atoms with van der Waals surface area (Å²) in [6.07, 6.45) is 1.59. The minimum atomic E-state index is -1.59. The average molecular weight is 369 g/mol. The van der Waals surface area contributed by atoms with Crippen LogP contribution in [0.2, 0.25) is 0 Å². The molecule has 2 N–H and O–H groups in total. The minimum Gasteiger partial charge on any atom is -0.389 e. The molecule has 0 saturated heterocycles. The molecular formula is C18H22F3N3O2. The highest BCUT2D eigenvalue weighted by molar-refractivity contribution is 5.92. The van der Waals surface area contributed by atoms with Crippen LogP contribution in [0.15, 0.2) is 6.07 Å². The lowest BCUT2D eigenvalue weighted by atomic mass is 9.96. The number of anilines is 1. The number of hydrogen-bond acceptors (Lipinski definition) is 3. The molecule has 0 radical (unpaired) electrons. The van der Waals surface area contributed by atoms with Crippen LogP contribution in [0.3, 0.4) is 0 Å². The molecule has 0 spiro atoms. The largest absolute Gasteiger partial charge is 0.389 e. The Kier molecular flexibility index (Phi) is 4.29. The molecule has 0 aliphatic heterocycles. The minimum absolute atomic E-state index is 0.0204. The summed E-state index contributed by atoms with van der Waals surface area (Å²) in [6, 6.07) is 0.798. The summed E-state index contributed by atoms with van der Waals surface area (Å²) in [6.45, 7) is 6.78. The van der Waals surface area contributed by atoms with E-state index in [9.17, 15) is 23.1 Å². The second-order valence-corrected chi connectivity index (χ2v) is 8.15. The van der Waals surface area contributed by atoms with Crippen molar-refractivity contribution in [2.45, 2.75) is 58.1 Å². The van der Waals surface area contributed by atoms with Crippen molar-refractivity contribution >= 4 is 22.9 Å². The lowest BCUT2D eigenvalue weighted by Crippen LogP contribution is -2.34. The van der Waals surface area contributed by atoms with Gasteiger partial charge in [-0.05, 0) is 46.5 Å². The molecule has 5 nitrogen and oxygen atoms in total. The highest BCUT2D eigenvalue weighted by atomic mass is 19.2.